The van der Waals surface area contributed by atoms with Gasteiger partial charge in [0.1, 0.15) is 0 Å². The molecule has 6 heteroatoms. The summed E-state index contributed by atoms with van der Waals surface area (Å²) in [5.74, 6) is 0. The first kappa shape index (κ1) is 14.7. The van der Waals surface area contributed by atoms with Crippen LogP contribution in [0.2, 0.25) is 0 Å². The van der Waals surface area contributed by atoms with Gasteiger partial charge >= 0.3 is 5.69 Å². The van der Waals surface area contributed by atoms with Gasteiger partial charge in [-0.05, 0) is 6.42 Å². The van der Waals surface area contributed by atoms with E-state index in [0.717, 1.165) is 11.0 Å². The van der Waals surface area contributed by atoms with E-state index < -0.39 is 0 Å². The molecule has 1 rings (SSSR count). The Balaban J connectivity index is 2.86. The highest BCUT2D eigenvalue weighted by Gasteiger charge is 2.09. The van der Waals surface area contributed by atoms with Gasteiger partial charge in [0.05, 0.1) is 6.61 Å². The third kappa shape index (κ3) is 3.30. The number of rotatable bonds is 6. The largest absolute Gasteiger partial charge is 0.383 e. The van der Waals surface area contributed by atoms with Gasteiger partial charge in [-0.2, -0.15) is 0 Å². The Morgan fingerprint density at radius 3 is 2.56 bits per heavy atom. The molecule has 1 aromatic rings. The Morgan fingerprint density at radius 1 is 1.33 bits per heavy atom. The fourth-order valence-corrected chi connectivity index (χ4v) is 1.72. The lowest BCUT2D eigenvalue weighted by atomic mass is 10.2. The number of nitrogens with zero attached hydrogens (tertiary/aromatic N) is 2. The van der Waals surface area contributed by atoms with E-state index in [1.807, 2.05) is 0 Å². The average Bonchev–Trinajstić information content (AvgIpc) is 2.37. The van der Waals surface area contributed by atoms with Gasteiger partial charge < -0.3 is 10.1 Å². The van der Waals surface area contributed by atoms with Crippen molar-refractivity contribution in [2.24, 2.45) is 14.1 Å². The van der Waals surface area contributed by atoms with Crippen molar-refractivity contribution in [3.63, 3.8) is 0 Å². The molecule has 1 atom stereocenters. The molecule has 0 amide bonds. The van der Waals surface area contributed by atoms with Crippen molar-refractivity contribution < 1.29 is 4.74 Å². The number of hydrogen-bond acceptors (Lipinski definition) is 4. The highest BCUT2D eigenvalue weighted by atomic mass is 16.5. The topological polar surface area (TPSA) is 65.3 Å². The van der Waals surface area contributed by atoms with Gasteiger partial charge in [-0.3, -0.25) is 13.9 Å². The van der Waals surface area contributed by atoms with Crippen LogP contribution in [0.1, 0.15) is 19.0 Å². The Bertz CT molecular complexity index is 504. The zero-order chi connectivity index (χ0) is 13.7. The SMILES string of the molecule is CCC(COC)NCc1cc(=O)n(C)c(=O)n1C. The molecule has 0 saturated carbocycles. The monoisotopic (exact) mass is 255 g/mol. The average molecular weight is 255 g/mol. The third-order valence-electron chi connectivity index (χ3n) is 3.06. The molecular formula is C12H21N3O3. The molecule has 1 aromatic heterocycles. The Labute approximate surface area is 106 Å². The predicted molar refractivity (Wildman–Crippen MR) is 69.7 cm³/mol. The summed E-state index contributed by atoms with van der Waals surface area (Å²) in [6.07, 6.45) is 0.923. The lowest BCUT2D eigenvalue weighted by Gasteiger charge is -2.17. The van der Waals surface area contributed by atoms with Gasteiger partial charge in [-0.25, -0.2) is 4.79 Å². The summed E-state index contributed by atoms with van der Waals surface area (Å²) >= 11 is 0. The summed E-state index contributed by atoms with van der Waals surface area (Å²) in [4.78, 5) is 23.3. The lowest BCUT2D eigenvalue weighted by molar-refractivity contribution is 0.163. The van der Waals surface area contributed by atoms with E-state index in [0.29, 0.717) is 18.8 Å². The number of methoxy groups -OCH3 is 1. The Hall–Kier alpha value is -1.40. The molecular weight excluding hydrogens is 234 g/mol. The first-order chi connectivity index (χ1) is 8.51. The molecule has 0 aliphatic heterocycles. The van der Waals surface area contributed by atoms with Crippen LogP contribution < -0.4 is 16.6 Å². The molecule has 0 saturated heterocycles. The van der Waals surface area contributed by atoms with E-state index in [1.165, 1.54) is 17.7 Å². The summed E-state index contributed by atoms with van der Waals surface area (Å²) in [6, 6.07) is 1.70. The van der Waals surface area contributed by atoms with Gasteiger partial charge in [-0.1, -0.05) is 6.92 Å². The second kappa shape index (κ2) is 6.51. The van der Waals surface area contributed by atoms with E-state index in [9.17, 15) is 9.59 Å². The van der Waals surface area contributed by atoms with Crippen molar-refractivity contribution >= 4 is 0 Å². The lowest BCUT2D eigenvalue weighted by Crippen LogP contribution is -2.40. The minimum Gasteiger partial charge on any atom is -0.383 e. The molecule has 0 bridgehead atoms. The Kier molecular flexibility index (Phi) is 5.30. The molecule has 0 aliphatic rings. The normalized spacial score (nSPS) is 12.7. The molecule has 6 nitrogen and oxygen atoms in total. The second-order valence-corrected chi connectivity index (χ2v) is 4.32. The maximum Gasteiger partial charge on any atom is 0.330 e. The zero-order valence-corrected chi connectivity index (χ0v) is 11.4. The Morgan fingerprint density at radius 2 is 2.00 bits per heavy atom. The molecule has 1 N–H and O–H groups in total. The summed E-state index contributed by atoms with van der Waals surface area (Å²) in [5.41, 5.74) is 0.0893. The first-order valence-corrected chi connectivity index (χ1v) is 5.99. The van der Waals surface area contributed by atoms with Crippen molar-refractivity contribution in [1.29, 1.82) is 0 Å². The standard InChI is InChI=1S/C12H21N3O3/c1-5-9(8-18-4)13-7-10-6-11(16)15(3)12(17)14(10)2/h6,9,13H,5,7-8H2,1-4H3. The summed E-state index contributed by atoms with van der Waals surface area (Å²) in [6.45, 7) is 3.14. The smallest absolute Gasteiger partial charge is 0.330 e. The van der Waals surface area contributed by atoms with Crippen LogP contribution in [0.15, 0.2) is 15.7 Å². The predicted octanol–water partition coefficient (Wildman–Crippen LogP) is -0.401. The molecule has 0 aliphatic carbocycles. The molecule has 0 radical (unpaired) electrons. The van der Waals surface area contributed by atoms with Crippen LogP contribution in [0.5, 0.6) is 0 Å². The second-order valence-electron chi connectivity index (χ2n) is 4.32. The van der Waals surface area contributed by atoms with Crippen LogP contribution in [0.3, 0.4) is 0 Å². The van der Waals surface area contributed by atoms with E-state index in [1.54, 1.807) is 14.2 Å². The van der Waals surface area contributed by atoms with Crippen LogP contribution >= 0.6 is 0 Å². The summed E-state index contributed by atoms with van der Waals surface area (Å²) in [7, 11) is 4.79. The van der Waals surface area contributed by atoms with Gasteiger partial charge in [-0.15, -0.1) is 0 Å². The minimum atomic E-state index is -0.306. The quantitative estimate of drug-likeness (QED) is 0.751. The molecule has 1 unspecified atom stereocenters. The molecule has 1 heterocycles. The number of aromatic nitrogens is 2. The molecule has 0 spiro atoms. The summed E-state index contributed by atoms with van der Waals surface area (Å²) in [5, 5.41) is 3.27. The summed E-state index contributed by atoms with van der Waals surface area (Å²) < 4.78 is 7.66. The van der Waals surface area contributed by atoms with Crippen LogP contribution in [0.25, 0.3) is 0 Å². The highest BCUT2D eigenvalue weighted by molar-refractivity contribution is 5.02. The zero-order valence-electron chi connectivity index (χ0n) is 11.4. The molecule has 0 aromatic carbocycles. The van der Waals surface area contributed by atoms with E-state index in [-0.39, 0.29) is 17.3 Å². The maximum atomic E-state index is 11.7. The van der Waals surface area contributed by atoms with Crippen molar-refractivity contribution in [1.82, 2.24) is 14.5 Å². The number of ether oxygens (including phenoxy) is 1. The van der Waals surface area contributed by atoms with Crippen LogP contribution in [0.4, 0.5) is 0 Å². The van der Waals surface area contributed by atoms with Crippen molar-refractivity contribution in [2.75, 3.05) is 13.7 Å². The van der Waals surface area contributed by atoms with Crippen LogP contribution in [0, 0.1) is 0 Å². The fraction of sp³-hybridized carbons (Fsp3) is 0.667. The minimum absolute atomic E-state index is 0.217. The van der Waals surface area contributed by atoms with Gasteiger partial charge in [0.2, 0.25) is 0 Å². The van der Waals surface area contributed by atoms with Gasteiger partial charge in [0.15, 0.2) is 0 Å². The molecule has 0 fully saturated rings. The van der Waals surface area contributed by atoms with Gasteiger partial charge in [0.25, 0.3) is 5.56 Å². The van der Waals surface area contributed by atoms with Gasteiger partial charge in [0, 0.05) is 45.6 Å². The van der Waals surface area contributed by atoms with Crippen molar-refractivity contribution in [3.05, 3.63) is 32.6 Å². The van der Waals surface area contributed by atoms with Crippen molar-refractivity contribution in [3.8, 4) is 0 Å². The van der Waals surface area contributed by atoms with E-state index in [4.69, 9.17) is 4.74 Å². The first-order valence-electron chi connectivity index (χ1n) is 5.99. The van der Waals surface area contributed by atoms with Crippen molar-refractivity contribution in [2.45, 2.75) is 25.9 Å². The van der Waals surface area contributed by atoms with E-state index >= 15 is 0 Å². The molecule has 102 valence electrons. The number of nitrogens with one attached hydrogen (secondary N) is 1. The van der Waals surface area contributed by atoms with Crippen LogP contribution in [-0.2, 0) is 25.4 Å². The molecule has 18 heavy (non-hydrogen) atoms. The van der Waals surface area contributed by atoms with E-state index in [2.05, 4.69) is 12.2 Å². The number of hydrogen-bond donors (Lipinski definition) is 1. The maximum absolute atomic E-state index is 11.7. The third-order valence-corrected chi connectivity index (χ3v) is 3.06. The van der Waals surface area contributed by atoms with Crippen LogP contribution in [-0.4, -0.2) is 28.9 Å². The fourth-order valence-electron chi connectivity index (χ4n) is 1.72. The highest BCUT2D eigenvalue weighted by Crippen LogP contribution is 1.96.